The number of phenols is 1. The molecule has 1 unspecified atom stereocenters. The number of hydrogen-bond acceptors (Lipinski definition) is 4. The van der Waals surface area contributed by atoms with E-state index in [4.69, 9.17) is 5.11 Å². The first-order valence-electron chi connectivity index (χ1n) is 6.16. The Morgan fingerprint density at radius 1 is 1.44 bits per heavy atom. The van der Waals surface area contributed by atoms with Gasteiger partial charge >= 0.3 is 0 Å². The van der Waals surface area contributed by atoms with Gasteiger partial charge in [-0.05, 0) is 43.7 Å². The lowest BCUT2D eigenvalue weighted by molar-refractivity contribution is -0.119. The monoisotopic (exact) mass is 266 g/mol. The normalized spacial score (nSPS) is 19.4. The number of hydrogen-bond donors (Lipinski definition) is 3. The molecule has 1 aliphatic heterocycles. The lowest BCUT2D eigenvalue weighted by Gasteiger charge is -2.23. The van der Waals surface area contributed by atoms with E-state index < -0.39 is 0 Å². The Bertz CT molecular complexity index is 388. The van der Waals surface area contributed by atoms with E-state index in [0.717, 1.165) is 30.8 Å². The summed E-state index contributed by atoms with van der Waals surface area (Å²) < 4.78 is 0. The lowest BCUT2D eigenvalue weighted by Crippen LogP contribution is -2.46. The molecule has 0 spiro atoms. The van der Waals surface area contributed by atoms with Crippen molar-refractivity contribution in [3.05, 3.63) is 24.3 Å². The summed E-state index contributed by atoms with van der Waals surface area (Å²) >= 11 is 1.48. The zero-order valence-corrected chi connectivity index (χ0v) is 11.0. The first kappa shape index (κ1) is 13.2. The van der Waals surface area contributed by atoms with Crippen LogP contribution >= 0.6 is 11.8 Å². The zero-order chi connectivity index (χ0) is 12.8. The Morgan fingerprint density at radius 3 is 2.89 bits per heavy atom. The van der Waals surface area contributed by atoms with Crippen LogP contribution in [0.4, 0.5) is 0 Å². The minimum absolute atomic E-state index is 0.0711. The summed E-state index contributed by atoms with van der Waals surface area (Å²) in [6.45, 7) is 1.92. The van der Waals surface area contributed by atoms with E-state index in [0.29, 0.717) is 5.75 Å². The summed E-state index contributed by atoms with van der Waals surface area (Å²) in [5.41, 5.74) is 0. The standard InChI is InChI=1S/C13H18N2O2S/c16-11-3-5-12(6-4-11)18-9-13(17)15-10-2-1-7-14-8-10/h3-6,10,14,16H,1-2,7-9H2,(H,15,17). The van der Waals surface area contributed by atoms with Crippen LogP contribution in [0.1, 0.15) is 12.8 Å². The first-order chi connectivity index (χ1) is 8.74. The Balaban J connectivity index is 1.72. The van der Waals surface area contributed by atoms with Crippen molar-refractivity contribution in [1.29, 1.82) is 0 Å². The average Bonchev–Trinajstić information content (AvgIpc) is 2.39. The number of thioether (sulfide) groups is 1. The highest BCUT2D eigenvalue weighted by Gasteiger charge is 2.15. The number of rotatable bonds is 4. The van der Waals surface area contributed by atoms with Crippen molar-refractivity contribution in [1.82, 2.24) is 10.6 Å². The molecule has 98 valence electrons. The second kappa shape index (κ2) is 6.66. The number of amides is 1. The molecule has 1 heterocycles. The Kier molecular flexibility index (Phi) is 4.90. The lowest BCUT2D eigenvalue weighted by atomic mass is 10.1. The minimum atomic E-state index is 0.0711. The van der Waals surface area contributed by atoms with Gasteiger partial charge in [0.1, 0.15) is 5.75 Å². The molecule has 1 aromatic rings. The molecule has 5 heteroatoms. The fourth-order valence-electron chi connectivity index (χ4n) is 1.94. The number of phenolic OH excluding ortho intramolecular Hbond substituents is 1. The van der Waals surface area contributed by atoms with Crippen molar-refractivity contribution >= 4 is 17.7 Å². The molecule has 0 aliphatic carbocycles. The SMILES string of the molecule is O=C(CSc1ccc(O)cc1)NC1CCCNC1. The molecule has 1 atom stereocenters. The van der Waals surface area contributed by atoms with Gasteiger partial charge in [-0.2, -0.15) is 0 Å². The van der Waals surface area contributed by atoms with Gasteiger partial charge in [0.25, 0.3) is 0 Å². The number of carbonyl (C=O) groups is 1. The predicted molar refractivity (Wildman–Crippen MR) is 72.9 cm³/mol. The highest BCUT2D eigenvalue weighted by molar-refractivity contribution is 8.00. The van der Waals surface area contributed by atoms with Crippen LogP contribution in [-0.2, 0) is 4.79 Å². The quantitative estimate of drug-likeness (QED) is 0.720. The van der Waals surface area contributed by atoms with E-state index >= 15 is 0 Å². The molecular formula is C13H18N2O2S. The van der Waals surface area contributed by atoms with Crippen molar-refractivity contribution in [2.24, 2.45) is 0 Å². The van der Waals surface area contributed by atoms with Gasteiger partial charge in [0, 0.05) is 17.5 Å². The molecule has 4 nitrogen and oxygen atoms in total. The third kappa shape index (κ3) is 4.23. The largest absolute Gasteiger partial charge is 0.508 e. The van der Waals surface area contributed by atoms with Crippen LogP contribution in [0.25, 0.3) is 0 Å². The van der Waals surface area contributed by atoms with Crippen LogP contribution < -0.4 is 10.6 Å². The molecule has 1 saturated heterocycles. The average molecular weight is 266 g/mol. The molecule has 1 aromatic carbocycles. The van der Waals surface area contributed by atoms with Crippen LogP contribution in [0.15, 0.2) is 29.2 Å². The number of nitrogens with one attached hydrogen (secondary N) is 2. The number of benzene rings is 1. The maximum absolute atomic E-state index is 11.7. The Morgan fingerprint density at radius 2 is 2.22 bits per heavy atom. The minimum Gasteiger partial charge on any atom is -0.508 e. The summed E-state index contributed by atoms with van der Waals surface area (Å²) in [5, 5.41) is 15.5. The maximum Gasteiger partial charge on any atom is 0.230 e. The Hall–Kier alpha value is -1.20. The summed E-state index contributed by atoms with van der Waals surface area (Å²) in [6, 6.07) is 7.16. The van der Waals surface area contributed by atoms with E-state index in [9.17, 15) is 4.79 Å². The summed E-state index contributed by atoms with van der Waals surface area (Å²) in [7, 11) is 0. The molecular weight excluding hydrogens is 248 g/mol. The van der Waals surface area contributed by atoms with Crippen LogP contribution in [0.5, 0.6) is 5.75 Å². The van der Waals surface area contributed by atoms with E-state index in [1.165, 1.54) is 11.8 Å². The van der Waals surface area contributed by atoms with E-state index in [1.807, 2.05) is 12.1 Å². The van der Waals surface area contributed by atoms with Crippen molar-refractivity contribution in [3.8, 4) is 5.75 Å². The van der Waals surface area contributed by atoms with Crippen molar-refractivity contribution < 1.29 is 9.90 Å². The topological polar surface area (TPSA) is 61.4 Å². The molecule has 1 amide bonds. The van der Waals surface area contributed by atoms with Crippen LogP contribution in [0.3, 0.4) is 0 Å². The predicted octanol–water partition coefficient (Wildman–Crippen LogP) is 1.35. The zero-order valence-electron chi connectivity index (χ0n) is 10.2. The molecule has 2 rings (SSSR count). The fraction of sp³-hybridized carbons (Fsp3) is 0.462. The Labute approximate surface area is 111 Å². The van der Waals surface area contributed by atoms with Crippen molar-refractivity contribution in [3.63, 3.8) is 0 Å². The van der Waals surface area contributed by atoms with Crippen molar-refractivity contribution in [2.75, 3.05) is 18.8 Å². The van der Waals surface area contributed by atoms with Gasteiger partial charge < -0.3 is 15.7 Å². The number of carbonyl (C=O) groups excluding carboxylic acids is 1. The first-order valence-corrected chi connectivity index (χ1v) is 7.14. The van der Waals surface area contributed by atoms with E-state index in [-0.39, 0.29) is 17.7 Å². The summed E-state index contributed by atoms with van der Waals surface area (Å²) in [6.07, 6.45) is 2.18. The molecule has 0 saturated carbocycles. The second-order valence-corrected chi connectivity index (χ2v) is 5.44. The van der Waals surface area contributed by atoms with Gasteiger partial charge in [0.15, 0.2) is 0 Å². The number of aromatic hydroxyl groups is 1. The summed E-state index contributed by atoms with van der Waals surface area (Å²) in [5.74, 6) is 0.736. The smallest absolute Gasteiger partial charge is 0.230 e. The van der Waals surface area contributed by atoms with Gasteiger partial charge in [-0.1, -0.05) is 0 Å². The highest BCUT2D eigenvalue weighted by Crippen LogP contribution is 2.20. The maximum atomic E-state index is 11.7. The molecule has 1 aliphatic rings. The van der Waals surface area contributed by atoms with Crippen LogP contribution in [-0.4, -0.2) is 35.9 Å². The number of piperidine rings is 1. The molecule has 0 radical (unpaired) electrons. The highest BCUT2D eigenvalue weighted by atomic mass is 32.2. The molecule has 18 heavy (non-hydrogen) atoms. The van der Waals surface area contributed by atoms with Gasteiger partial charge in [0.2, 0.25) is 5.91 Å². The van der Waals surface area contributed by atoms with Crippen molar-refractivity contribution in [2.45, 2.75) is 23.8 Å². The second-order valence-electron chi connectivity index (χ2n) is 4.39. The van der Waals surface area contributed by atoms with E-state index in [2.05, 4.69) is 10.6 Å². The van der Waals surface area contributed by atoms with Gasteiger partial charge in [-0.15, -0.1) is 11.8 Å². The fourth-order valence-corrected chi connectivity index (χ4v) is 2.65. The van der Waals surface area contributed by atoms with Gasteiger partial charge in [0.05, 0.1) is 5.75 Å². The van der Waals surface area contributed by atoms with Gasteiger partial charge in [-0.25, -0.2) is 0 Å². The van der Waals surface area contributed by atoms with Crippen LogP contribution in [0, 0.1) is 0 Å². The van der Waals surface area contributed by atoms with E-state index in [1.54, 1.807) is 12.1 Å². The molecule has 1 fully saturated rings. The summed E-state index contributed by atoms with van der Waals surface area (Å²) in [4.78, 5) is 12.7. The molecule has 0 aromatic heterocycles. The third-order valence-corrected chi connectivity index (χ3v) is 3.88. The molecule has 3 N–H and O–H groups in total. The van der Waals surface area contributed by atoms with Crippen LogP contribution in [0.2, 0.25) is 0 Å². The molecule has 0 bridgehead atoms. The third-order valence-electron chi connectivity index (χ3n) is 2.87. The van der Waals surface area contributed by atoms with Gasteiger partial charge in [-0.3, -0.25) is 4.79 Å².